The fourth-order valence-electron chi connectivity index (χ4n) is 5.41. The summed E-state index contributed by atoms with van der Waals surface area (Å²) in [5.74, 6) is -3.41. The number of aromatic amines is 1. The number of anilines is 2. The molecule has 2 aromatic heterocycles. The van der Waals surface area contributed by atoms with Crippen LogP contribution in [0.5, 0.6) is 6.01 Å². The standard InChI is InChI=1S/C26H28ClF3N8O/c1-37-8-3-4-14(37)11-39-25-35-22-16(23(36-25)38-9-7-32-12-26(29,30)13-38)10-17(27)19(20(22)28)15-5-2-6-18-21(15)34-24(31)33-18/h2,5-6,10,14,32H,3-4,7-9,11-13H2,1H3,(H3,31,33,34)/t14-/m0/s1. The van der Waals surface area contributed by atoms with E-state index < -0.39 is 24.8 Å². The number of nitrogen functional groups attached to an aromatic ring is 1. The molecule has 2 saturated heterocycles. The van der Waals surface area contributed by atoms with Crippen molar-refractivity contribution in [1.82, 2.24) is 30.2 Å². The highest BCUT2D eigenvalue weighted by molar-refractivity contribution is 6.34. The number of ether oxygens (including phenoxy) is 1. The number of para-hydroxylation sites is 1. The molecule has 2 fully saturated rings. The van der Waals surface area contributed by atoms with E-state index in [9.17, 15) is 8.78 Å². The lowest BCUT2D eigenvalue weighted by molar-refractivity contribution is 0.0156. The molecule has 4 N–H and O–H groups in total. The third-order valence-electron chi connectivity index (χ3n) is 7.38. The van der Waals surface area contributed by atoms with Crippen molar-refractivity contribution in [3.8, 4) is 17.1 Å². The van der Waals surface area contributed by atoms with Gasteiger partial charge in [0.25, 0.3) is 5.92 Å². The van der Waals surface area contributed by atoms with Gasteiger partial charge in [-0.05, 0) is 38.6 Å². The van der Waals surface area contributed by atoms with Crippen LogP contribution in [0.2, 0.25) is 5.02 Å². The number of aromatic nitrogens is 4. The number of halogens is 4. The molecule has 4 aromatic rings. The zero-order valence-electron chi connectivity index (χ0n) is 21.3. The lowest BCUT2D eigenvalue weighted by atomic mass is 10.0. The lowest BCUT2D eigenvalue weighted by Gasteiger charge is -2.26. The van der Waals surface area contributed by atoms with Gasteiger partial charge >= 0.3 is 6.01 Å². The van der Waals surface area contributed by atoms with Crippen molar-refractivity contribution in [3.63, 3.8) is 0 Å². The number of nitrogens with zero attached hydrogens (tertiary/aromatic N) is 5. The van der Waals surface area contributed by atoms with Crippen LogP contribution in [-0.2, 0) is 0 Å². The summed E-state index contributed by atoms with van der Waals surface area (Å²) in [4.78, 5) is 19.8. The predicted molar refractivity (Wildman–Crippen MR) is 145 cm³/mol. The molecule has 1 atom stereocenters. The van der Waals surface area contributed by atoms with Gasteiger partial charge in [-0.25, -0.2) is 18.2 Å². The van der Waals surface area contributed by atoms with Crippen LogP contribution in [-0.4, -0.2) is 83.2 Å². The van der Waals surface area contributed by atoms with Gasteiger partial charge in [-0.15, -0.1) is 0 Å². The second-order valence-corrected chi connectivity index (χ2v) is 10.5. The highest BCUT2D eigenvalue weighted by Crippen LogP contribution is 2.41. The molecule has 2 aromatic carbocycles. The number of rotatable bonds is 5. The third kappa shape index (κ3) is 4.92. The molecule has 0 aliphatic carbocycles. The second-order valence-electron chi connectivity index (χ2n) is 10.1. The summed E-state index contributed by atoms with van der Waals surface area (Å²) >= 11 is 6.67. The summed E-state index contributed by atoms with van der Waals surface area (Å²) in [6.45, 7) is 0.741. The average Bonchev–Trinajstić information content (AvgIpc) is 3.43. The smallest absolute Gasteiger partial charge is 0.319 e. The zero-order chi connectivity index (χ0) is 27.3. The first-order chi connectivity index (χ1) is 18.7. The van der Waals surface area contributed by atoms with Gasteiger partial charge in [0, 0.05) is 35.6 Å². The fourth-order valence-corrected chi connectivity index (χ4v) is 5.70. The minimum absolute atomic E-state index is 0.0693. The molecular formula is C26H28ClF3N8O. The van der Waals surface area contributed by atoms with Crippen LogP contribution in [0.15, 0.2) is 24.3 Å². The second kappa shape index (κ2) is 10.00. The van der Waals surface area contributed by atoms with Crippen LogP contribution >= 0.6 is 11.6 Å². The molecule has 13 heteroatoms. The van der Waals surface area contributed by atoms with Crippen LogP contribution in [0.3, 0.4) is 0 Å². The number of H-pyrrole nitrogens is 1. The maximum atomic E-state index is 16.4. The molecule has 9 nitrogen and oxygen atoms in total. The van der Waals surface area contributed by atoms with E-state index in [0.717, 1.165) is 19.4 Å². The average molecular weight is 561 g/mol. The van der Waals surface area contributed by atoms with Crippen molar-refractivity contribution in [2.45, 2.75) is 24.8 Å². The van der Waals surface area contributed by atoms with Crippen molar-refractivity contribution in [3.05, 3.63) is 35.1 Å². The topological polar surface area (TPSA) is 108 Å². The van der Waals surface area contributed by atoms with Gasteiger partial charge in [0.2, 0.25) is 0 Å². The van der Waals surface area contributed by atoms with Gasteiger partial charge < -0.3 is 30.6 Å². The Kier molecular flexibility index (Phi) is 6.64. The number of hydrogen-bond donors (Lipinski definition) is 3. The number of likely N-dealkylation sites (N-methyl/N-ethyl adjacent to an activating group) is 1. The number of likely N-dealkylation sites (tertiary alicyclic amines) is 1. The largest absolute Gasteiger partial charge is 0.462 e. The Labute approximate surface area is 227 Å². The maximum Gasteiger partial charge on any atom is 0.319 e. The number of imidazole rings is 1. The Bertz CT molecular complexity index is 1550. The van der Waals surface area contributed by atoms with Crippen LogP contribution < -0.4 is 20.7 Å². The van der Waals surface area contributed by atoms with E-state index in [1.807, 2.05) is 7.05 Å². The van der Waals surface area contributed by atoms with Crippen molar-refractivity contribution in [2.75, 3.05) is 57.0 Å². The lowest BCUT2D eigenvalue weighted by Crippen LogP contribution is -2.39. The molecule has 0 unspecified atom stereocenters. The molecule has 39 heavy (non-hydrogen) atoms. The number of alkyl halides is 2. The van der Waals surface area contributed by atoms with E-state index in [1.165, 1.54) is 11.0 Å². The van der Waals surface area contributed by atoms with Gasteiger partial charge in [0.1, 0.15) is 17.9 Å². The van der Waals surface area contributed by atoms with E-state index in [1.54, 1.807) is 18.2 Å². The molecule has 0 amide bonds. The highest BCUT2D eigenvalue weighted by atomic mass is 35.5. The number of nitrogens with one attached hydrogen (secondary N) is 2. The van der Waals surface area contributed by atoms with Gasteiger partial charge in [-0.1, -0.05) is 23.7 Å². The summed E-state index contributed by atoms with van der Waals surface area (Å²) in [5, 5.41) is 3.04. The van der Waals surface area contributed by atoms with Crippen molar-refractivity contribution < 1.29 is 17.9 Å². The van der Waals surface area contributed by atoms with E-state index in [4.69, 9.17) is 22.1 Å². The predicted octanol–water partition coefficient (Wildman–Crippen LogP) is 4.07. The van der Waals surface area contributed by atoms with Gasteiger partial charge in [0.05, 0.1) is 29.1 Å². The van der Waals surface area contributed by atoms with E-state index in [-0.39, 0.29) is 51.9 Å². The molecular weight excluding hydrogens is 533 g/mol. The quantitative estimate of drug-likeness (QED) is 0.335. The summed E-state index contributed by atoms with van der Waals surface area (Å²) < 4.78 is 51.6. The van der Waals surface area contributed by atoms with Gasteiger partial charge in [0.15, 0.2) is 11.8 Å². The van der Waals surface area contributed by atoms with E-state index >= 15 is 4.39 Å². The molecule has 6 rings (SSSR count). The number of benzene rings is 2. The number of fused-ring (bicyclic) bond motifs is 2. The van der Waals surface area contributed by atoms with Crippen molar-refractivity contribution >= 4 is 45.3 Å². The van der Waals surface area contributed by atoms with E-state index in [0.29, 0.717) is 29.7 Å². The molecule has 0 bridgehead atoms. The van der Waals surface area contributed by atoms with Crippen LogP contribution in [0.1, 0.15) is 12.8 Å². The summed E-state index contributed by atoms with van der Waals surface area (Å²) in [5.41, 5.74) is 7.34. The van der Waals surface area contributed by atoms with Crippen LogP contribution in [0.25, 0.3) is 33.1 Å². The molecule has 2 aliphatic rings. The zero-order valence-corrected chi connectivity index (χ0v) is 22.0. The summed E-state index contributed by atoms with van der Waals surface area (Å²) in [6, 6.07) is 6.80. The first kappa shape index (κ1) is 25.9. The summed E-state index contributed by atoms with van der Waals surface area (Å²) in [7, 11) is 2.01. The number of hydrogen-bond acceptors (Lipinski definition) is 8. The molecule has 0 saturated carbocycles. The minimum atomic E-state index is -3.01. The molecule has 4 heterocycles. The highest BCUT2D eigenvalue weighted by Gasteiger charge is 2.35. The van der Waals surface area contributed by atoms with Crippen LogP contribution in [0.4, 0.5) is 24.9 Å². The SMILES string of the molecule is CN1CCC[C@H]1COc1nc(N2CCNCC(F)(F)C2)c2cc(Cl)c(-c3cccc4[nH]c(N)nc34)c(F)c2n1. The van der Waals surface area contributed by atoms with Gasteiger partial charge in [-0.3, -0.25) is 0 Å². The van der Waals surface area contributed by atoms with Crippen LogP contribution in [0, 0.1) is 5.82 Å². The normalized spacial score (nSPS) is 20.1. The minimum Gasteiger partial charge on any atom is -0.462 e. The molecule has 206 valence electrons. The monoisotopic (exact) mass is 560 g/mol. The summed E-state index contributed by atoms with van der Waals surface area (Å²) in [6.07, 6.45) is 2.00. The first-order valence-electron chi connectivity index (χ1n) is 12.8. The molecule has 0 radical (unpaired) electrons. The molecule has 0 spiro atoms. The Balaban J connectivity index is 1.51. The van der Waals surface area contributed by atoms with Crippen molar-refractivity contribution in [2.24, 2.45) is 0 Å². The Morgan fingerprint density at radius 1 is 1.21 bits per heavy atom. The van der Waals surface area contributed by atoms with E-state index in [2.05, 4.69) is 30.2 Å². The van der Waals surface area contributed by atoms with Crippen molar-refractivity contribution in [1.29, 1.82) is 0 Å². The molecule has 2 aliphatic heterocycles. The first-order valence-corrected chi connectivity index (χ1v) is 13.2. The Morgan fingerprint density at radius 2 is 2.05 bits per heavy atom. The third-order valence-corrected chi connectivity index (χ3v) is 7.68. The Hall–Kier alpha value is -3.35. The Morgan fingerprint density at radius 3 is 2.85 bits per heavy atom. The maximum absolute atomic E-state index is 16.4. The fraction of sp³-hybridized carbons (Fsp3) is 0.423. The number of nitrogens with two attached hydrogens (primary N) is 1. The van der Waals surface area contributed by atoms with Gasteiger partial charge in [-0.2, -0.15) is 9.97 Å².